The molecule has 1 amide bonds. The second kappa shape index (κ2) is 7.51. The Morgan fingerprint density at radius 3 is 2.37 bits per heavy atom. The maximum atomic E-state index is 12.6. The van der Waals surface area contributed by atoms with Gasteiger partial charge in [-0.15, -0.1) is 0 Å². The SMILES string of the molecule is CCCCCN(C(=O)[C@@H]1CCC[C@@H]1C(=O)O)C(C)C. The van der Waals surface area contributed by atoms with Gasteiger partial charge in [0.25, 0.3) is 0 Å². The number of carboxylic acid groups (broad SMARTS) is 1. The molecule has 2 atom stereocenters. The van der Waals surface area contributed by atoms with E-state index >= 15 is 0 Å². The summed E-state index contributed by atoms with van der Waals surface area (Å²) in [6.07, 6.45) is 5.48. The highest BCUT2D eigenvalue weighted by atomic mass is 16.4. The fourth-order valence-corrected chi connectivity index (χ4v) is 2.92. The molecule has 0 saturated heterocycles. The third-order valence-electron chi connectivity index (χ3n) is 4.06. The quantitative estimate of drug-likeness (QED) is 0.723. The summed E-state index contributed by atoms with van der Waals surface area (Å²) in [6, 6.07) is 0.152. The number of carbonyl (C=O) groups is 2. The van der Waals surface area contributed by atoms with Crippen molar-refractivity contribution in [3.63, 3.8) is 0 Å². The summed E-state index contributed by atoms with van der Waals surface area (Å²) >= 11 is 0. The van der Waals surface area contributed by atoms with E-state index in [1.807, 2.05) is 18.7 Å². The Bertz CT molecular complexity index is 315. The highest BCUT2D eigenvalue weighted by Gasteiger charge is 2.40. The van der Waals surface area contributed by atoms with Gasteiger partial charge in [-0.3, -0.25) is 9.59 Å². The van der Waals surface area contributed by atoms with Gasteiger partial charge in [0.2, 0.25) is 5.91 Å². The van der Waals surface area contributed by atoms with Crippen LogP contribution >= 0.6 is 0 Å². The molecule has 1 aliphatic rings. The van der Waals surface area contributed by atoms with Crippen LogP contribution < -0.4 is 0 Å². The van der Waals surface area contributed by atoms with Gasteiger partial charge in [0, 0.05) is 12.6 Å². The van der Waals surface area contributed by atoms with Gasteiger partial charge in [0.05, 0.1) is 11.8 Å². The largest absolute Gasteiger partial charge is 0.481 e. The van der Waals surface area contributed by atoms with Crippen LogP contribution in [-0.4, -0.2) is 34.5 Å². The molecule has 0 aromatic heterocycles. The van der Waals surface area contributed by atoms with Crippen molar-refractivity contribution in [2.24, 2.45) is 11.8 Å². The number of nitrogens with zero attached hydrogens (tertiary/aromatic N) is 1. The Hall–Kier alpha value is -1.06. The Morgan fingerprint density at radius 1 is 1.21 bits per heavy atom. The first-order chi connectivity index (χ1) is 8.99. The second-order valence-corrected chi connectivity index (χ2v) is 5.81. The van der Waals surface area contributed by atoms with Gasteiger partial charge in [-0.2, -0.15) is 0 Å². The lowest BCUT2D eigenvalue weighted by atomic mass is 9.94. The Kier molecular flexibility index (Phi) is 6.32. The third-order valence-corrected chi connectivity index (χ3v) is 4.06. The van der Waals surface area contributed by atoms with Gasteiger partial charge >= 0.3 is 5.97 Å². The summed E-state index contributed by atoms with van der Waals surface area (Å²) in [4.78, 5) is 25.6. The van der Waals surface area contributed by atoms with Crippen LogP contribution in [0.1, 0.15) is 59.3 Å². The maximum absolute atomic E-state index is 12.6. The predicted octanol–water partition coefficient (Wildman–Crippen LogP) is 2.91. The van der Waals surface area contributed by atoms with E-state index in [9.17, 15) is 14.7 Å². The molecule has 0 bridgehead atoms. The summed E-state index contributed by atoms with van der Waals surface area (Å²) in [5.74, 6) is -1.54. The molecule has 1 fully saturated rings. The second-order valence-electron chi connectivity index (χ2n) is 5.81. The summed E-state index contributed by atoms with van der Waals surface area (Å²) in [6.45, 7) is 6.91. The predicted molar refractivity (Wildman–Crippen MR) is 74.8 cm³/mol. The van der Waals surface area contributed by atoms with Crippen LogP contribution in [0.5, 0.6) is 0 Å². The number of hydrogen-bond acceptors (Lipinski definition) is 2. The summed E-state index contributed by atoms with van der Waals surface area (Å²) in [7, 11) is 0. The van der Waals surface area contributed by atoms with E-state index in [2.05, 4.69) is 6.92 Å². The monoisotopic (exact) mass is 269 g/mol. The van der Waals surface area contributed by atoms with Crippen molar-refractivity contribution in [1.82, 2.24) is 4.90 Å². The van der Waals surface area contributed by atoms with Crippen LogP contribution in [0.4, 0.5) is 0 Å². The number of carbonyl (C=O) groups excluding carboxylic acids is 1. The average Bonchev–Trinajstić information content (AvgIpc) is 2.82. The normalized spacial score (nSPS) is 22.7. The zero-order chi connectivity index (χ0) is 14.4. The summed E-state index contributed by atoms with van der Waals surface area (Å²) in [5, 5.41) is 9.20. The fraction of sp³-hybridized carbons (Fsp3) is 0.867. The fourth-order valence-electron chi connectivity index (χ4n) is 2.92. The number of rotatable bonds is 7. The van der Waals surface area contributed by atoms with Gasteiger partial charge in [-0.05, 0) is 33.1 Å². The van der Waals surface area contributed by atoms with Gasteiger partial charge in [0.15, 0.2) is 0 Å². The molecule has 19 heavy (non-hydrogen) atoms. The molecule has 1 aliphatic carbocycles. The van der Waals surface area contributed by atoms with Crippen molar-refractivity contribution >= 4 is 11.9 Å². The molecule has 0 aliphatic heterocycles. The highest BCUT2D eigenvalue weighted by Crippen LogP contribution is 2.33. The lowest BCUT2D eigenvalue weighted by Crippen LogP contribution is -2.43. The van der Waals surface area contributed by atoms with E-state index < -0.39 is 11.9 Å². The van der Waals surface area contributed by atoms with Crippen molar-refractivity contribution in [3.05, 3.63) is 0 Å². The van der Waals surface area contributed by atoms with Crippen LogP contribution in [0.15, 0.2) is 0 Å². The van der Waals surface area contributed by atoms with E-state index in [1.54, 1.807) is 0 Å². The molecule has 0 spiro atoms. The van der Waals surface area contributed by atoms with Gasteiger partial charge in [-0.1, -0.05) is 26.2 Å². The van der Waals surface area contributed by atoms with E-state index in [0.717, 1.165) is 38.6 Å². The minimum atomic E-state index is -0.812. The van der Waals surface area contributed by atoms with Crippen LogP contribution in [-0.2, 0) is 9.59 Å². The van der Waals surface area contributed by atoms with Crippen LogP contribution in [0.25, 0.3) is 0 Å². The number of hydrogen-bond donors (Lipinski definition) is 1. The number of aliphatic carboxylic acids is 1. The number of unbranched alkanes of at least 4 members (excludes halogenated alkanes) is 2. The maximum Gasteiger partial charge on any atom is 0.307 e. The first kappa shape index (κ1) is 16.0. The molecule has 0 unspecified atom stereocenters. The van der Waals surface area contributed by atoms with Crippen LogP contribution in [0.3, 0.4) is 0 Å². The standard InChI is InChI=1S/C15H27NO3/c1-4-5-6-10-16(11(2)3)14(17)12-8-7-9-13(12)15(18)19/h11-13H,4-10H2,1-3H3,(H,18,19)/t12-,13+/m1/s1. The Morgan fingerprint density at radius 2 is 1.84 bits per heavy atom. The number of carboxylic acids is 1. The Labute approximate surface area is 116 Å². The lowest BCUT2D eigenvalue weighted by Gasteiger charge is -2.30. The molecular weight excluding hydrogens is 242 g/mol. The van der Waals surface area contributed by atoms with E-state index in [1.165, 1.54) is 0 Å². The van der Waals surface area contributed by atoms with E-state index in [4.69, 9.17) is 0 Å². The van der Waals surface area contributed by atoms with Crippen molar-refractivity contribution < 1.29 is 14.7 Å². The molecule has 1 saturated carbocycles. The van der Waals surface area contributed by atoms with E-state index in [-0.39, 0.29) is 17.9 Å². The van der Waals surface area contributed by atoms with Crippen molar-refractivity contribution in [3.8, 4) is 0 Å². The van der Waals surface area contributed by atoms with Gasteiger partial charge in [0.1, 0.15) is 0 Å². The minimum absolute atomic E-state index is 0.0519. The minimum Gasteiger partial charge on any atom is -0.481 e. The molecule has 4 nitrogen and oxygen atoms in total. The van der Waals surface area contributed by atoms with Crippen molar-refractivity contribution in [2.45, 2.75) is 65.3 Å². The topological polar surface area (TPSA) is 57.6 Å². The molecule has 0 heterocycles. The van der Waals surface area contributed by atoms with Crippen molar-refractivity contribution in [2.75, 3.05) is 6.54 Å². The molecule has 4 heteroatoms. The molecule has 0 aromatic rings. The molecular formula is C15H27NO3. The summed E-state index contributed by atoms with van der Waals surface area (Å²) < 4.78 is 0. The zero-order valence-electron chi connectivity index (χ0n) is 12.4. The average molecular weight is 269 g/mol. The first-order valence-corrected chi connectivity index (χ1v) is 7.52. The van der Waals surface area contributed by atoms with Crippen LogP contribution in [0, 0.1) is 11.8 Å². The smallest absolute Gasteiger partial charge is 0.307 e. The molecule has 0 radical (unpaired) electrons. The molecule has 110 valence electrons. The Balaban J connectivity index is 2.67. The summed E-state index contributed by atoms with van der Waals surface area (Å²) in [5.41, 5.74) is 0. The van der Waals surface area contributed by atoms with Crippen LogP contribution in [0.2, 0.25) is 0 Å². The number of amides is 1. The third kappa shape index (κ3) is 4.22. The van der Waals surface area contributed by atoms with Gasteiger partial charge < -0.3 is 10.0 Å². The zero-order valence-corrected chi connectivity index (χ0v) is 12.4. The highest BCUT2D eigenvalue weighted by molar-refractivity contribution is 5.85. The molecule has 1 rings (SSSR count). The molecule has 1 N–H and O–H groups in total. The van der Waals surface area contributed by atoms with Gasteiger partial charge in [-0.25, -0.2) is 0 Å². The van der Waals surface area contributed by atoms with Crippen molar-refractivity contribution in [1.29, 1.82) is 0 Å². The first-order valence-electron chi connectivity index (χ1n) is 7.52. The van der Waals surface area contributed by atoms with E-state index in [0.29, 0.717) is 6.42 Å². The molecule has 0 aromatic carbocycles. The lowest BCUT2D eigenvalue weighted by molar-refractivity contribution is -0.149.